The van der Waals surface area contributed by atoms with E-state index >= 15 is 0 Å². The maximum Gasteiger partial charge on any atom is 0.326 e. The summed E-state index contributed by atoms with van der Waals surface area (Å²) < 4.78 is 0. The summed E-state index contributed by atoms with van der Waals surface area (Å²) in [4.78, 5) is 75.9. The highest BCUT2D eigenvalue weighted by molar-refractivity contribution is 5.95. The molecule has 0 aliphatic carbocycles. The van der Waals surface area contributed by atoms with Gasteiger partial charge in [0.15, 0.2) is 5.96 Å². The Kier molecular flexibility index (Phi) is 14.9. The van der Waals surface area contributed by atoms with Gasteiger partial charge >= 0.3 is 11.9 Å². The predicted molar refractivity (Wildman–Crippen MR) is 131 cm³/mol. The average molecular weight is 531 g/mol. The first-order valence-corrected chi connectivity index (χ1v) is 11.6. The number of aliphatic carboxylic acids is 2. The third kappa shape index (κ3) is 13.6. The summed E-state index contributed by atoms with van der Waals surface area (Å²) in [7, 11) is 0. The minimum absolute atomic E-state index is 0.0869. The van der Waals surface area contributed by atoms with E-state index in [4.69, 9.17) is 22.9 Å². The number of rotatable bonds is 18. The number of primary amides is 1. The van der Waals surface area contributed by atoms with E-state index in [-0.39, 0.29) is 44.1 Å². The van der Waals surface area contributed by atoms with Crippen LogP contribution in [0.3, 0.4) is 0 Å². The fraction of sp³-hybridized carbons (Fsp3) is 0.667. The summed E-state index contributed by atoms with van der Waals surface area (Å²) in [6, 6.07) is -5.45. The molecule has 5 atom stereocenters. The Labute approximate surface area is 214 Å². The molecular formula is C21H38N8O8. The summed E-state index contributed by atoms with van der Waals surface area (Å²) in [6.45, 7) is 3.64. The van der Waals surface area contributed by atoms with Gasteiger partial charge in [0, 0.05) is 13.0 Å². The molecule has 0 bridgehead atoms. The topological polar surface area (TPSA) is 295 Å². The summed E-state index contributed by atoms with van der Waals surface area (Å²) in [5, 5.41) is 25.4. The van der Waals surface area contributed by atoms with Crippen LogP contribution in [0.15, 0.2) is 4.99 Å². The van der Waals surface area contributed by atoms with Crippen LogP contribution in [0.25, 0.3) is 0 Å². The number of hydrogen-bond acceptors (Lipinski definition) is 8. The van der Waals surface area contributed by atoms with E-state index < -0.39 is 66.2 Å². The summed E-state index contributed by atoms with van der Waals surface area (Å²) in [5.41, 5.74) is 21.4. The maximum absolute atomic E-state index is 12.9. The number of guanidine groups is 1. The average Bonchev–Trinajstić information content (AvgIpc) is 2.80. The van der Waals surface area contributed by atoms with Crippen molar-refractivity contribution < 1.29 is 39.0 Å². The van der Waals surface area contributed by atoms with Crippen LogP contribution in [0.4, 0.5) is 0 Å². The Hall–Kier alpha value is -3.95. The van der Waals surface area contributed by atoms with Gasteiger partial charge in [0.25, 0.3) is 0 Å². The SMILES string of the molecule is CC[C@H](C)[C@H](N)C(=O)N[C@@H](CCC(N)=O)C(=O)N[C@@H](CC(=O)O)C(=O)N[C@@H](CCCN=C(N)N)C(=O)O. The van der Waals surface area contributed by atoms with Gasteiger partial charge < -0.3 is 49.1 Å². The van der Waals surface area contributed by atoms with E-state index in [9.17, 15) is 39.0 Å². The zero-order valence-corrected chi connectivity index (χ0v) is 20.9. The van der Waals surface area contributed by atoms with Crippen molar-refractivity contribution in [2.75, 3.05) is 6.54 Å². The van der Waals surface area contributed by atoms with Crippen molar-refractivity contribution in [2.24, 2.45) is 33.8 Å². The fourth-order valence-corrected chi connectivity index (χ4v) is 3.03. The number of carbonyl (C=O) groups is 6. The molecule has 0 heterocycles. The van der Waals surface area contributed by atoms with Crippen molar-refractivity contribution >= 4 is 41.5 Å². The first-order chi connectivity index (χ1) is 17.2. The molecule has 37 heavy (non-hydrogen) atoms. The van der Waals surface area contributed by atoms with Crippen LogP contribution >= 0.6 is 0 Å². The van der Waals surface area contributed by atoms with Crippen LogP contribution in [0.2, 0.25) is 0 Å². The van der Waals surface area contributed by atoms with Crippen molar-refractivity contribution in [2.45, 2.75) is 76.5 Å². The van der Waals surface area contributed by atoms with Gasteiger partial charge in [-0.2, -0.15) is 0 Å². The van der Waals surface area contributed by atoms with Gasteiger partial charge in [0.1, 0.15) is 18.1 Å². The molecule has 0 saturated heterocycles. The molecule has 0 aromatic rings. The molecule has 0 aliphatic heterocycles. The third-order valence-corrected chi connectivity index (χ3v) is 5.44. The highest BCUT2D eigenvalue weighted by atomic mass is 16.4. The molecule has 0 spiro atoms. The molecule has 4 amide bonds. The minimum atomic E-state index is -1.69. The number of aliphatic imine (C=N–C) groups is 1. The number of nitrogens with zero attached hydrogens (tertiary/aromatic N) is 1. The first kappa shape index (κ1) is 33.0. The zero-order chi connectivity index (χ0) is 28.7. The van der Waals surface area contributed by atoms with Crippen LogP contribution < -0.4 is 38.9 Å². The highest BCUT2D eigenvalue weighted by Gasteiger charge is 2.32. The molecule has 0 unspecified atom stereocenters. The summed E-state index contributed by atoms with van der Waals surface area (Å²) in [6.07, 6.45) is -0.766. The van der Waals surface area contributed by atoms with Crippen molar-refractivity contribution in [3.05, 3.63) is 0 Å². The van der Waals surface area contributed by atoms with E-state index in [1.54, 1.807) is 6.92 Å². The Balaban J connectivity index is 5.58. The predicted octanol–water partition coefficient (Wildman–Crippen LogP) is -3.31. The fourth-order valence-electron chi connectivity index (χ4n) is 3.03. The second-order valence-corrected chi connectivity index (χ2v) is 8.48. The zero-order valence-electron chi connectivity index (χ0n) is 20.9. The monoisotopic (exact) mass is 530 g/mol. The molecule has 0 rings (SSSR count). The number of carbonyl (C=O) groups excluding carboxylic acids is 4. The van der Waals surface area contributed by atoms with Gasteiger partial charge in [0.05, 0.1) is 12.5 Å². The molecule has 0 aromatic heterocycles. The number of amides is 4. The van der Waals surface area contributed by atoms with Gasteiger partial charge in [-0.25, -0.2) is 4.79 Å². The molecule has 0 aliphatic rings. The summed E-state index contributed by atoms with van der Waals surface area (Å²) >= 11 is 0. The number of carboxylic acids is 2. The number of nitrogens with one attached hydrogen (secondary N) is 3. The molecule has 210 valence electrons. The molecule has 13 N–H and O–H groups in total. The van der Waals surface area contributed by atoms with Gasteiger partial charge in [-0.3, -0.25) is 29.0 Å². The molecule has 0 radical (unpaired) electrons. The second-order valence-electron chi connectivity index (χ2n) is 8.48. The van der Waals surface area contributed by atoms with Crippen LogP contribution in [-0.2, 0) is 28.8 Å². The van der Waals surface area contributed by atoms with E-state index in [0.717, 1.165) is 0 Å². The van der Waals surface area contributed by atoms with Gasteiger partial charge in [-0.05, 0) is 25.2 Å². The van der Waals surface area contributed by atoms with Crippen LogP contribution in [-0.4, -0.2) is 82.5 Å². The summed E-state index contributed by atoms with van der Waals surface area (Å²) in [5.74, 6) is -6.80. The Bertz CT molecular complexity index is 861. The molecular weight excluding hydrogens is 492 g/mol. The lowest BCUT2D eigenvalue weighted by Crippen LogP contribution is -2.58. The molecule has 16 heteroatoms. The maximum atomic E-state index is 12.9. The van der Waals surface area contributed by atoms with E-state index in [0.29, 0.717) is 6.42 Å². The highest BCUT2D eigenvalue weighted by Crippen LogP contribution is 2.08. The smallest absolute Gasteiger partial charge is 0.326 e. The molecule has 0 aromatic carbocycles. The Morgan fingerprint density at radius 1 is 0.838 bits per heavy atom. The molecule has 16 nitrogen and oxygen atoms in total. The van der Waals surface area contributed by atoms with E-state index in [1.165, 1.54) is 0 Å². The standard InChI is InChI=1S/C21H38N8O8/c1-3-10(2)16(23)19(35)27-11(6-7-14(22)30)17(33)29-13(9-15(31)32)18(34)28-12(20(36)37)5-4-8-26-21(24)25/h10-13,16H,3-9,23H2,1-2H3,(H2,22,30)(H,27,35)(H,28,34)(H,29,33)(H,31,32)(H,36,37)(H4,24,25,26)/t10-,11-,12-,13-,16-/m0/s1. The normalized spacial score (nSPS) is 14.7. The lowest BCUT2D eigenvalue weighted by Gasteiger charge is -2.25. The third-order valence-electron chi connectivity index (χ3n) is 5.44. The van der Waals surface area contributed by atoms with Crippen LogP contribution in [0.5, 0.6) is 0 Å². The lowest BCUT2D eigenvalue weighted by molar-refractivity contribution is -0.143. The number of carboxylic acid groups (broad SMARTS) is 2. The van der Waals surface area contributed by atoms with Gasteiger partial charge in [-0.15, -0.1) is 0 Å². The van der Waals surface area contributed by atoms with Crippen LogP contribution in [0.1, 0.15) is 52.4 Å². The number of hydrogen-bond donors (Lipinski definition) is 9. The van der Waals surface area contributed by atoms with E-state index in [2.05, 4.69) is 20.9 Å². The van der Waals surface area contributed by atoms with Crippen molar-refractivity contribution in [1.29, 1.82) is 0 Å². The Morgan fingerprint density at radius 3 is 1.86 bits per heavy atom. The quantitative estimate of drug-likeness (QED) is 0.0480. The van der Waals surface area contributed by atoms with E-state index in [1.807, 2.05) is 6.92 Å². The largest absolute Gasteiger partial charge is 0.481 e. The minimum Gasteiger partial charge on any atom is -0.481 e. The van der Waals surface area contributed by atoms with Crippen molar-refractivity contribution in [3.63, 3.8) is 0 Å². The lowest BCUT2D eigenvalue weighted by atomic mass is 9.98. The van der Waals surface area contributed by atoms with Crippen LogP contribution in [0, 0.1) is 5.92 Å². The number of nitrogens with two attached hydrogens (primary N) is 4. The van der Waals surface area contributed by atoms with Gasteiger partial charge in [0.2, 0.25) is 23.6 Å². The Morgan fingerprint density at radius 2 is 1.38 bits per heavy atom. The van der Waals surface area contributed by atoms with Crippen molar-refractivity contribution in [3.8, 4) is 0 Å². The van der Waals surface area contributed by atoms with Gasteiger partial charge in [-0.1, -0.05) is 20.3 Å². The van der Waals surface area contributed by atoms with Crippen molar-refractivity contribution in [1.82, 2.24) is 16.0 Å². The second kappa shape index (κ2) is 16.7. The molecule has 0 saturated carbocycles. The molecule has 0 fully saturated rings. The first-order valence-electron chi connectivity index (χ1n) is 11.6.